The summed E-state index contributed by atoms with van der Waals surface area (Å²) in [6.07, 6.45) is 0. The average Bonchev–Trinajstić information content (AvgIpc) is 3.06. The number of benzene rings is 3. The highest BCUT2D eigenvalue weighted by molar-refractivity contribution is 7.98. The number of hydrogen-bond donors (Lipinski definition) is 1. The third-order valence-corrected chi connectivity index (χ3v) is 5.90. The number of fused-ring (bicyclic) bond motifs is 1. The number of rotatable bonds is 4. The van der Waals surface area contributed by atoms with Gasteiger partial charge < -0.3 is 5.84 Å². The fourth-order valence-electron chi connectivity index (χ4n) is 3.25. The maximum atomic E-state index is 6.31. The predicted octanol–water partition coefficient (Wildman–Crippen LogP) is 5.40. The van der Waals surface area contributed by atoms with Crippen molar-refractivity contribution in [3.63, 3.8) is 0 Å². The Labute approximate surface area is 169 Å². The van der Waals surface area contributed by atoms with Gasteiger partial charge in [0.1, 0.15) is 0 Å². The maximum absolute atomic E-state index is 6.31. The van der Waals surface area contributed by atoms with E-state index in [2.05, 4.69) is 97.7 Å². The third kappa shape index (κ3) is 3.62. The fourth-order valence-corrected chi connectivity index (χ4v) is 4.11. The van der Waals surface area contributed by atoms with Gasteiger partial charge in [-0.05, 0) is 27.3 Å². The number of nitrogen functional groups attached to an aromatic ring is 1. The average molecular weight is 389 g/mol. The molecule has 0 fully saturated rings. The molecular weight excluding hydrogens is 364 g/mol. The summed E-state index contributed by atoms with van der Waals surface area (Å²) in [5.74, 6) is 7.78. The summed E-state index contributed by atoms with van der Waals surface area (Å²) in [6.45, 7) is 6.61. The van der Waals surface area contributed by atoms with Gasteiger partial charge in [0.25, 0.3) is 0 Å². The smallest absolute Gasteiger partial charge is 0.210 e. The first-order chi connectivity index (χ1) is 13.4. The van der Waals surface area contributed by atoms with Crippen LogP contribution in [0.2, 0.25) is 0 Å². The molecule has 28 heavy (non-hydrogen) atoms. The van der Waals surface area contributed by atoms with Crippen LogP contribution in [0, 0.1) is 0 Å². The zero-order valence-corrected chi connectivity index (χ0v) is 17.2. The molecule has 2 N–H and O–H groups in total. The molecule has 0 aliphatic carbocycles. The van der Waals surface area contributed by atoms with E-state index >= 15 is 0 Å². The number of nitrogens with two attached hydrogens (primary N) is 1. The van der Waals surface area contributed by atoms with Gasteiger partial charge in [0.2, 0.25) is 5.16 Å². The van der Waals surface area contributed by atoms with Crippen molar-refractivity contribution >= 4 is 22.5 Å². The van der Waals surface area contributed by atoms with Gasteiger partial charge in [0, 0.05) is 11.3 Å². The monoisotopic (exact) mass is 388 g/mol. The van der Waals surface area contributed by atoms with Crippen molar-refractivity contribution in [2.45, 2.75) is 37.1 Å². The van der Waals surface area contributed by atoms with E-state index in [0.717, 1.165) is 11.3 Å². The summed E-state index contributed by atoms with van der Waals surface area (Å²) in [5.41, 5.74) is 3.64. The number of aromatic nitrogens is 3. The summed E-state index contributed by atoms with van der Waals surface area (Å²) in [5, 5.41) is 11.8. The molecule has 0 saturated carbocycles. The van der Waals surface area contributed by atoms with Crippen LogP contribution < -0.4 is 5.84 Å². The topological polar surface area (TPSA) is 56.7 Å². The standard InChI is InChI=1S/C23H24N4S/c1-23(2,3)19-13-11-17(12-14-19)21-25-26-22(27(21)24)28-15-18-9-6-8-16-7-4-5-10-20(16)18/h4-14H,15,24H2,1-3H3. The lowest BCUT2D eigenvalue weighted by Crippen LogP contribution is -2.12. The second kappa shape index (κ2) is 7.32. The number of thioether (sulfide) groups is 1. The van der Waals surface area contributed by atoms with Gasteiger partial charge in [-0.1, -0.05) is 99.3 Å². The largest absolute Gasteiger partial charge is 0.335 e. The predicted molar refractivity (Wildman–Crippen MR) is 118 cm³/mol. The van der Waals surface area contributed by atoms with Gasteiger partial charge in [0.15, 0.2) is 5.82 Å². The molecule has 0 spiro atoms. The Bertz CT molecular complexity index is 1100. The van der Waals surface area contributed by atoms with Crippen LogP contribution in [0.15, 0.2) is 71.9 Å². The van der Waals surface area contributed by atoms with Gasteiger partial charge in [-0.15, -0.1) is 10.2 Å². The van der Waals surface area contributed by atoms with Crippen LogP contribution in [-0.4, -0.2) is 14.9 Å². The van der Waals surface area contributed by atoms with E-state index in [1.165, 1.54) is 21.9 Å². The van der Waals surface area contributed by atoms with Crippen molar-refractivity contribution in [2.24, 2.45) is 0 Å². The molecule has 0 amide bonds. The fraction of sp³-hybridized carbons (Fsp3) is 0.217. The van der Waals surface area contributed by atoms with Gasteiger partial charge in [-0.25, -0.2) is 4.68 Å². The minimum atomic E-state index is 0.119. The summed E-state index contributed by atoms with van der Waals surface area (Å²) in [7, 11) is 0. The third-order valence-electron chi connectivity index (χ3n) is 4.91. The Balaban J connectivity index is 1.55. The molecule has 3 aromatic carbocycles. The summed E-state index contributed by atoms with van der Waals surface area (Å²) in [6, 6.07) is 23.2. The molecule has 0 atom stereocenters. The van der Waals surface area contributed by atoms with E-state index in [1.807, 2.05) is 0 Å². The Hall–Kier alpha value is -2.79. The summed E-state index contributed by atoms with van der Waals surface area (Å²) >= 11 is 1.60. The molecule has 1 heterocycles. The van der Waals surface area contributed by atoms with Crippen LogP contribution in [0.3, 0.4) is 0 Å². The minimum Gasteiger partial charge on any atom is -0.335 e. The summed E-state index contributed by atoms with van der Waals surface area (Å²) < 4.78 is 1.59. The van der Waals surface area contributed by atoms with Crippen LogP contribution in [0.4, 0.5) is 0 Å². The van der Waals surface area contributed by atoms with Crippen molar-refractivity contribution in [3.8, 4) is 11.4 Å². The van der Waals surface area contributed by atoms with Gasteiger partial charge in [-0.3, -0.25) is 0 Å². The molecule has 4 rings (SSSR count). The lowest BCUT2D eigenvalue weighted by Gasteiger charge is -2.19. The summed E-state index contributed by atoms with van der Waals surface area (Å²) in [4.78, 5) is 0. The van der Waals surface area contributed by atoms with Crippen LogP contribution >= 0.6 is 11.8 Å². The Kier molecular flexibility index (Phi) is 4.85. The Morgan fingerprint density at radius 3 is 2.36 bits per heavy atom. The highest BCUT2D eigenvalue weighted by Crippen LogP contribution is 2.29. The molecular formula is C23H24N4S. The van der Waals surface area contributed by atoms with Crippen LogP contribution in [0.5, 0.6) is 0 Å². The molecule has 5 heteroatoms. The van der Waals surface area contributed by atoms with Crippen molar-refractivity contribution in [2.75, 3.05) is 5.84 Å². The van der Waals surface area contributed by atoms with Crippen LogP contribution in [-0.2, 0) is 11.2 Å². The first-order valence-electron chi connectivity index (χ1n) is 9.34. The molecule has 0 radical (unpaired) electrons. The molecule has 0 aliphatic heterocycles. The van der Waals surface area contributed by atoms with Crippen molar-refractivity contribution in [3.05, 3.63) is 77.9 Å². The van der Waals surface area contributed by atoms with E-state index in [9.17, 15) is 0 Å². The number of hydrogen-bond acceptors (Lipinski definition) is 4. The van der Waals surface area contributed by atoms with E-state index < -0.39 is 0 Å². The van der Waals surface area contributed by atoms with Crippen molar-refractivity contribution < 1.29 is 0 Å². The first kappa shape index (κ1) is 18.6. The zero-order chi connectivity index (χ0) is 19.7. The van der Waals surface area contributed by atoms with Crippen LogP contribution in [0.1, 0.15) is 31.9 Å². The molecule has 0 saturated heterocycles. The molecule has 4 aromatic rings. The number of nitrogens with zero attached hydrogens (tertiary/aromatic N) is 3. The molecule has 0 unspecified atom stereocenters. The second-order valence-corrected chi connectivity index (χ2v) is 8.87. The minimum absolute atomic E-state index is 0.119. The van der Waals surface area contributed by atoms with E-state index in [4.69, 9.17) is 5.84 Å². The normalized spacial score (nSPS) is 11.8. The zero-order valence-electron chi connectivity index (χ0n) is 16.4. The van der Waals surface area contributed by atoms with E-state index in [0.29, 0.717) is 11.0 Å². The Morgan fingerprint density at radius 2 is 1.61 bits per heavy atom. The van der Waals surface area contributed by atoms with Crippen LogP contribution in [0.25, 0.3) is 22.2 Å². The molecule has 0 aliphatic rings. The molecule has 0 bridgehead atoms. The Morgan fingerprint density at radius 1 is 0.893 bits per heavy atom. The highest BCUT2D eigenvalue weighted by Gasteiger charge is 2.16. The highest BCUT2D eigenvalue weighted by atomic mass is 32.2. The van der Waals surface area contributed by atoms with E-state index in [1.54, 1.807) is 16.4 Å². The lowest BCUT2D eigenvalue weighted by atomic mass is 9.87. The van der Waals surface area contributed by atoms with E-state index in [-0.39, 0.29) is 5.41 Å². The van der Waals surface area contributed by atoms with Crippen molar-refractivity contribution in [1.29, 1.82) is 0 Å². The van der Waals surface area contributed by atoms with Gasteiger partial charge in [0.05, 0.1) is 0 Å². The lowest BCUT2D eigenvalue weighted by molar-refractivity contribution is 0.590. The first-order valence-corrected chi connectivity index (χ1v) is 10.3. The molecule has 1 aromatic heterocycles. The SMILES string of the molecule is CC(C)(C)c1ccc(-c2nnc(SCc3cccc4ccccc34)n2N)cc1. The second-order valence-electron chi connectivity index (χ2n) is 7.93. The molecule has 142 valence electrons. The van der Waals surface area contributed by atoms with Gasteiger partial charge >= 0.3 is 0 Å². The maximum Gasteiger partial charge on any atom is 0.210 e. The van der Waals surface area contributed by atoms with Crippen molar-refractivity contribution in [1.82, 2.24) is 14.9 Å². The van der Waals surface area contributed by atoms with Gasteiger partial charge in [-0.2, -0.15) is 0 Å². The quantitative estimate of drug-likeness (QED) is 0.375. The molecule has 4 nitrogen and oxygen atoms in total.